The average molecular weight is 398 g/mol. The van der Waals surface area contributed by atoms with Gasteiger partial charge in [0.05, 0.1) is 17.4 Å². The van der Waals surface area contributed by atoms with Crippen molar-refractivity contribution in [3.63, 3.8) is 0 Å². The number of amides is 2. The molecule has 5 heteroatoms. The quantitative estimate of drug-likeness (QED) is 0.616. The van der Waals surface area contributed by atoms with Crippen LogP contribution in [0.4, 0.5) is 11.4 Å². The highest BCUT2D eigenvalue weighted by Crippen LogP contribution is 2.48. The number of nitrogens with zero attached hydrogens (tertiary/aromatic N) is 2. The second kappa shape index (κ2) is 7.11. The predicted molar refractivity (Wildman–Crippen MR) is 115 cm³/mol. The highest BCUT2D eigenvalue weighted by molar-refractivity contribution is 6.23. The van der Waals surface area contributed by atoms with E-state index in [9.17, 15) is 9.59 Å². The number of hydrogen-bond acceptors (Lipinski definition) is 4. The summed E-state index contributed by atoms with van der Waals surface area (Å²) in [6.07, 6.45) is -0.844. The number of benzene rings is 3. The maximum absolute atomic E-state index is 13.6. The van der Waals surface area contributed by atoms with Crippen LogP contribution in [0.15, 0.2) is 78.9 Å². The molecular formula is C25H22N2O3. The van der Waals surface area contributed by atoms with Crippen molar-refractivity contribution in [2.75, 3.05) is 9.96 Å². The van der Waals surface area contributed by atoms with Crippen LogP contribution in [0.5, 0.6) is 0 Å². The zero-order valence-corrected chi connectivity index (χ0v) is 16.9. The fourth-order valence-electron chi connectivity index (χ4n) is 4.40. The Balaban J connectivity index is 1.60. The van der Waals surface area contributed by atoms with E-state index in [2.05, 4.69) is 0 Å². The fourth-order valence-corrected chi connectivity index (χ4v) is 4.40. The number of hydroxylamine groups is 1. The van der Waals surface area contributed by atoms with Crippen LogP contribution in [-0.2, 0) is 14.4 Å². The van der Waals surface area contributed by atoms with Gasteiger partial charge in [-0.3, -0.25) is 14.4 Å². The van der Waals surface area contributed by atoms with Crippen LogP contribution in [-0.4, -0.2) is 17.9 Å². The first-order valence-electron chi connectivity index (χ1n) is 10.1. The van der Waals surface area contributed by atoms with Crippen molar-refractivity contribution in [3.05, 3.63) is 95.6 Å². The maximum atomic E-state index is 13.6. The normalized spacial score (nSPS) is 23.2. The molecule has 2 aliphatic heterocycles. The SMILES string of the molecule is Cc1ccc(N2C(=O)[C@H]3[C@@H](c4ccccc4C)N(c4ccccc4)O[C@H]3C2=O)cc1. The zero-order chi connectivity index (χ0) is 20.8. The van der Waals surface area contributed by atoms with Crippen LogP contribution >= 0.6 is 0 Å². The summed E-state index contributed by atoms with van der Waals surface area (Å²) in [5.41, 5.74) is 4.52. The van der Waals surface area contributed by atoms with E-state index in [1.54, 1.807) is 5.06 Å². The minimum absolute atomic E-state index is 0.222. The number of imide groups is 1. The van der Waals surface area contributed by atoms with Crippen LogP contribution < -0.4 is 9.96 Å². The van der Waals surface area contributed by atoms with Crippen molar-refractivity contribution in [2.45, 2.75) is 26.0 Å². The van der Waals surface area contributed by atoms with E-state index in [1.165, 1.54) is 4.90 Å². The first-order chi connectivity index (χ1) is 14.6. The molecule has 0 bridgehead atoms. The Hall–Kier alpha value is -3.44. The Morgan fingerprint density at radius 1 is 0.733 bits per heavy atom. The van der Waals surface area contributed by atoms with Crippen molar-refractivity contribution >= 4 is 23.2 Å². The van der Waals surface area contributed by atoms with E-state index in [-0.39, 0.29) is 17.9 Å². The third-order valence-electron chi connectivity index (χ3n) is 5.93. The fraction of sp³-hybridized carbons (Fsp3) is 0.200. The number of carbonyl (C=O) groups is 2. The van der Waals surface area contributed by atoms with Crippen LogP contribution in [0.25, 0.3) is 0 Å². The molecule has 2 amide bonds. The van der Waals surface area contributed by atoms with E-state index in [4.69, 9.17) is 4.84 Å². The van der Waals surface area contributed by atoms with Crippen LogP contribution in [0, 0.1) is 19.8 Å². The molecule has 0 aromatic heterocycles. The number of hydrogen-bond donors (Lipinski definition) is 0. The van der Waals surface area contributed by atoms with Crippen LogP contribution in [0.1, 0.15) is 22.7 Å². The first kappa shape index (κ1) is 18.6. The van der Waals surface area contributed by atoms with Crippen molar-refractivity contribution in [2.24, 2.45) is 5.92 Å². The largest absolute Gasteiger partial charge is 0.273 e. The molecule has 3 aromatic rings. The van der Waals surface area contributed by atoms with Gasteiger partial charge in [0.2, 0.25) is 5.91 Å². The summed E-state index contributed by atoms with van der Waals surface area (Å²) < 4.78 is 0. The minimum atomic E-state index is -0.844. The summed E-state index contributed by atoms with van der Waals surface area (Å²) >= 11 is 0. The van der Waals surface area contributed by atoms with Gasteiger partial charge < -0.3 is 0 Å². The minimum Gasteiger partial charge on any atom is -0.273 e. The van der Waals surface area contributed by atoms with Gasteiger partial charge in [0.25, 0.3) is 5.91 Å². The van der Waals surface area contributed by atoms with Gasteiger partial charge in [-0.1, -0.05) is 60.2 Å². The van der Waals surface area contributed by atoms with E-state index >= 15 is 0 Å². The van der Waals surface area contributed by atoms with Crippen molar-refractivity contribution in [1.29, 1.82) is 0 Å². The number of rotatable bonds is 3. The van der Waals surface area contributed by atoms with Gasteiger partial charge in [-0.15, -0.1) is 0 Å². The molecule has 150 valence electrons. The molecule has 0 spiro atoms. The van der Waals surface area contributed by atoms with Crippen molar-refractivity contribution in [3.8, 4) is 0 Å². The lowest BCUT2D eigenvalue weighted by molar-refractivity contribution is -0.126. The zero-order valence-electron chi connectivity index (χ0n) is 16.9. The maximum Gasteiger partial charge on any atom is 0.266 e. The Kier molecular flexibility index (Phi) is 4.40. The van der Waals surface area contributed by atoms with Crippen LogP contribution in [0.2, 0.25) is 0 Å². The number of anilines is 2. The van der Waals surface area contributed by atoms with E-state index in [0.29, 0.717) is 5.69 Å². The smallest absolute Gasteiger partial charge is 0.266 e. The van der Waals surface area contributed by atoms with E-state index in [1.807, 2.05) is 92.7 Å². The first-order valence-corrected chi connectivity index (χ1v) is 10.1. The Bertz CT molecular complexity index is 1110. The van der Waals surface area contributed by atoms with Crippen molar-refractivity contribution in [1.82, 2.24) is 0 Å². The molecule has 3 aromatic carbocycles. The van der Waals surface area contributed by atoms with Gasteiger partial charge in [-0.05, 0) is 49.2 Å². The second-order valence-electron chi connectivity index (χ2n) is 7.86. The van der Waals surface area contributed by atoms with Gasteiger partial charge in [0.1, 0.15) is 5.92 Å². The summed E-state index contributed by atoms with van der Waals surface area (Å²) in [6, 6.07) is 24.6. The lowest BCUT2D eigenvalue weighted by Crippen LogP contribution is -2.37. The molecule has 0 unspecified atom stereocenters. The summed E-state index contributed by atoms with van der Waals surface area (Å²) in [4.78, 5) is 34.3. The Labute approximate surface area is 175 Å². The molecule has 0 aliphatic carbocycles. The number of carbonyl (C=O) groups excluding carboxylic acids is 2. The summed E-state index contributed by atoms with van der Waals surface area (Å²) in [6.45, 7) is 3.99. The van der Waals surface area contributed by atoms with Gasteiger partial charge in [-0.2, -0.15) is 0 Å². The lowest BCUT2D eigenvalue weighted by atomic mass is 9.88. The third kappa shape index (κ3) is 2.82. The highest BCUT2D eigenvalue weighted by atomic mass is 16.7. The van der Waals surface area contributed by atoms with Gasteiger partial charge in [-0.25, -0.2) is 9.96 Å². The van der Waals surface area contributed by atoms with Gasteiger partial charge in [0.15, 0.2) is 6.10 Å². The standard InChI is InChI=1S/C25H22N2O3/c1-16-12-14-18(15-13-16)26-24(28)21-22(20-11-7-6-8-17(20)2)27(30-23(21)25(26)29)19-9-4-3-5-10-19/h3-15,21-23H,1-2H3/t21-,22+,23+/m0/s1. The Morgan fingerprint density at radius 2 is 1.40 bits per heavy atom. The van der Waals surface area contributed by atoms with Crippen molar-refractivity contribution < 1.29 is 14.4 Å². The number of para-hydroxylation sites is 1. The third-order valence-corrected chi connectivity index (χ3v) is 5.93. The van der Waals surface area contributed by atoms with Gasteiger partial charge >= 0.3 is 0 Å². The number of aryl methyl sites for hydroxylation is 2. The highest BCUT2D eigenvalue weighted by Gasteiger charge is 2.60. The average Bonchev–Trinajstić information content (AvgIpc) is 3.26. The molecule has 0 N–H and O–H groups in total. The van der Waals surface area contributed by atoms with E-state index < -0.39 is 12.0 Å². The summed E-state index contributed by atoms with van der Waals surface area (Å²) in [5, 5.41) is 1.74. The van der Waals surface area contributed by atoms with Gasteiger partial charge in [0, 0.05) is 0 Å². The number of fused-ring (bicyclic) bond motifs is 1. The second-order valence-corrected chi connectivity index (χ2v) is 7.86. The predicted octanol–water partition coefficient (Wildman–Crippen LogP) is 4.35. The molecule has 3 atom stereocenters. The molecule has 2 heterocycles. The summed E-state index contributed by atoms with van der Waals surface area (Å²) in [5.74, 6) is -1.15. The monoisotopic (exact) mass is 398 g/mol. The van der Waals surface area contributed by atoms with Crippen LogP contribution in [0.3, 0.4) is 0 Å². The molecule has 2 saturated heterocycles. The van der Waals surface area contributed by atoms with E-state index in [0.717, 1.165) is 22.4 Å². The molecule has 2 fully saturated rings. The molecular weight excluding hydrogens is 376 g/mol. The summed E-state index contributed by atoms with van der Waals surface area (Å²) in [7, 11) is 0. The molecule has 5 nitrogen and oxygen atoms in total. The molecule has 5 rings (SSSR count). The molecule has 30 heavy (non-hydrogen) atoms. The Morgan fingerprint density at radius 3 is 2.10 bits per heavy atom. The molecule has 0 radical (unpaired) electrons. The molecule has 0 saturated carbocycles. The lowest BCUT2D eigenvalue weighted by Gasteiger charge is -2.29. The molecule has 2 aliphatic rings. The topological polar surface area (TPSA) is 49.9 Å².